The van der Waals surface area contributed by atoms with Gasteiger partial charge in [0.05, 0.1) is 12.6 Å². The van der Waals surface area contributed by atoms with E-state index in [0.29, 0.717) is 30.2 Å². The summed E-state index contributed by atoms with van der Waals surface area (Å²) in [6.07, 6.45) is 0.881. The number of piperazine rings is 1. The third kappa shape index (κ3) is 4.99. The van der Waals surface area contributed by atoms with Gasteiger partial charge in [0.1, 0.15) is 5.82 Å². The Bertz CT molecular complexity index is 1230. The maximum absolute atomic E-state index is 14.1. The first kappa shape index (κ1) is 24.0. The highest BCUT2D eigenvalue weighted by Crippen LogP contribution is 2.37. The fourth-order valence-corrected chi connectivity index (χ4v) is 6.15. The molecule has 0 saturated carbocycles. The molecule has 5 nitrogen and oxygen atoms in total. The Kier molecular flexibility index (Phi) is 6.91. The van der Waals surface area contributed by atoms with Gasteiger partial charge in [0.15, 0.2) is 0 Å². The van der Waals surface area contributed by atoms with E-state index in [9.17, 15) is 14.0 Å². The molecule has 35 heavy (non-hydrogen) atoms. The minimum absolute atomic E-state index is 0.0375. The van der Waals surface area contributed by atoms with Crippen LogP contribution in [0.4, 0.5) is 4.39 Å². The van der Waals surface area contributed by atoms with Crippen molar-refractivity contribution in [1.29, 1.82) is 0 Å². The summed E-state index contributed by atoms with van der Waals surface area (Å²) in [5.41, 5.74) is 2.62. The van der Waals surface area contributed by atoms with Gasteiger partial charge in [-0.15, -0.1) is 11.3 Å². The summed E-state index contributed by atoms with van der Waals surface area (Å²) in [5, 5.41) is 2.66. The third-order valence-electron chi connectivity index (χ3n) is 6.90. The number of hydrogen-bond acceptors (Lipinski definition) is 4. The van der Waals surface area contributed by atoms with E-state index in [1.165, 1.54) is 10.9 Å². The topological polar surface area (TPSA) is 43.9 Å². The summed E-state index contributed by atoms with van der Waals surface area (Å²) >= 11 is 7.67. The van der Waals surface area contributed by atoms with Gasteiger partial charge in [-0.25, -0.2) is 4.39 Å². The second-order valence-electron chi connectivity index (χ2n) is 9.17. The van der Waals surface area contributed by atoms with Crippen molar-refractivity contribution in [2.24, 2.45) is 0 Å². The number of fused-ring (bicyclic) bond motifs is 1. The van der Waals surface area contributed by atoms with E-state index >= 15 is 0 Å². The molecule has 2 amide bonds. The van der Waals surface area contributed by atoms with Gasteiger partial charge in [-0.05, 0) is 72.3 Å². The summed E-state index contributed by atoms with van der Waals surface area (Å²) in [5.74, 6) is -0.282. The van der Waals surface area contributed by atoms with Gasteiger partial charge in [-0.3, -0.25) is 14.5 Å². The van der Waals surface area contributed by atoms with Crippen molar-refractivity contribution < 1.29 is 14.0 Å². The molecule has 8 heteroatoms. The molecular weight excluding hydrogens is 485 g/mol. The molecule has 0 bridgehead atoms. The number of amides is 2. The molecule has 3 heterocycles. The molecule has 2 aliphatic heterocycles. The average Bonchev–Trinajstić information content (AvgIpc) is 3.32. The van der Waals surface area contributed by atoms with Gasteiger partial charge in [0.25, 0.3) is 5.91 Å². The van der Waals surface area contributed by atoms with Crippen LogP contribution in [0.1, 0.15) is 39.3 Å². The Labute approximate surface area is 213 Å². The van der Waals surface area contributed by atoms with E-state index in [0.717, 1.165) is 24.1 Å². The summed E-state index contributed by atoms with van der Waals surface area (Å²) in [7, 11) is 0. The number of rotatable bonds is 4. The van der Waals surface area contributed by atoms with Crippen LogP contribution < -0.4 is 0 Å². The molecule has 0 unspecified atom stereocenters. The Hall–Kier alpha value is -2.74. The highest BCUT2D eigenvalue weighted by molar-refractivity contribution is 7.10. The number of benzene rings is 2. The highest BCUT2D eigenvalue weighted by atomic mass is 35.5. The van der Waals surface area contributed by atoms with E-state index < -0.39 is 0 Å². The minimum Gasteiger partial charge on any atom is -0.338 e. The molecule has 0 N–H and O–H groups in total. The van der Waals surface area contributed by atoms with Crippen molar-refractivity contribution in [2.45, 2.75) is 25.4 Å². The van der Waals surface area contributed by atoms with Crippen LogP contribution in [-0.4, -0.2) is 65.3 Å². The fourth-order valence-electron chi connectivity index (χ4n) is 5.12. The lowest BCUT2D eigenvalue weighted by Crippen LogP contribution is -2.57. The maximum atomic E-state index is 14.1. The van der Waals surface area contributed by atoms with Gasteiger partial charge in [0.2, 0.25) is 5.91 Å². The van der Waals surface area contributed by atoms with Gasteiger partial charge in [-0.1, -0.05) is 23.7 Å². The normalized spacial score (nSPS) is 20.5. The summed E-state index contributed by atoms with van der Waals surface area (Å²) in [6, 6.07) is 15.4. The molecule has 0 radical (unpaired) electrons. The first-order valence-corrected chi connectivity index (χ1v) is 13.1. The lowest BCUT2D eigenvalue weighted by molar-refractivity contribution is -0.135. The Morgan fingerprint density at radius 2 is 1.89 bits per heavy atom. The Morgan fingerprint density at radius 3 is 2.63 bits per heavy atom. The quantitative estimate of drug-likeness (QED) is 0.502. The molecule has 2 atom stereocenters. The SMILES string of the molecule is C[C@@H]1CN(C(=O)CN2CCc3sccc3[C@H]2c2cccc(F)c2)CCN1C(=O)c1ccc(Cl)cc1. The van der Waals surface area contributed by atoms with Crippen LogP contribution in [0.3, 0.4) is 0 Å². The standard InChI is InChI=1S/C27H27ClFN3O2S/c1-18-16-30(12-13-32(18)27(34)19-5-7-21(28)8-6-19)25(33)17-31-11-9-24-23(10-14-35-24)26(31)20-3-2-4-22(29)15-20/h2-8,10,14-15,18,26H,9,11-13,16-17H2,1H3/t18-,26-/m1/s1. The van der Waals surface area contributed by atoms with Gasteiger partial charge < -0.3 is 9.80 Å². The van der Waals surface area contributed by atoms with E-state index in [2.05, 4.69) is 16.3 Å². The molecule has 1 fully saturated rings. The lowest BCUT2D eigenvalue weighted by Gasteiger charge is -2.42. The Balaban J connectivity index is 1.28. The van der Waals surface area contributed by atoms with E-state index in [4.69, 9.17) is 11.6 Å². The summed E-state index contributed by atoms with van der Waals surface area (Å²) in [4.78, 5) is 33.5. The second-order valence-corrected chi connectivity index (χ2v) is 10.6. The highest BCUT2D eigenvalue weighted by Gasteiger charge is 2.34. The molecule has 2 aromatic carbocycles. The number of halogens is 2. The van der Waals surface area contributed by atoms with Crippen LogP contribution in [0, 0.1) is 5.82 Å². The van der Waals surface area contributed by atoms with Crippen molar-refractivity contribution in [3.63, 3.8) is 0 Å². The Morgan fingerprint density at radius 1 is 1.09 bits per heavy atom. The van der Waals surface area contributed by atoms with Crippen LogP contribution in [-0.2, 0) is 11.2 Å². The van der Waals surface area contributed by atoms with Crippen molar-refractivity contribution in [3.8, 4) is 0 Å². The zero-order chi connectivity index (χ0) is 24.5. The molecule has 2 aliphatic rings. The average molecular weight is 512 g/mol. The predicted octanol–water partition coefficient (Wildman–Crippen LogP) is 4.86. The minimum atomic E-state index is -0.272. The molecule has 0 spiro atoms. The monoisotopic (exact) mass is 511 g/mol. The third-order valence-corrected chi connectivity index (χ3v) is 8.15. The molecular formula is C27H27ClFN3O2S. The van der Waals surface area contributed by atoms with Crippen LogP contribution in [0.5, 0.6) is 0 Å². The number of carbonyl (C=O) groups excluding carboxylic acids is 2. The molecule has 5 rings (SSSR count). The number of nitrogens with zero attached hydrogens (tertiary/aromatic N) is 3. The van der Waals surface area contributed by atoms with E-state index in [1.807, 2.05) is 22.8 Å². The number of carbonyl (C=O) groups is 2. The first-order chi connectivity index (χ1) is 16.9. The van der Waals surface area contributed by atoms with Crippen molar-refractivity contribution in [2.75, 3.05) is 32.7 Å². The first-order valence-electron chi connectivity index (χ1n) is 11.8. The van der Waals surface area contributed by atoms with Crippen molar-refractivity contribution in [3.05, 3.63) is 92.4 Å². The smallest absolute Gasteiger partial charge is 0.254 e. The van der Waals surface area contributed by atoms with E-state index in [1.54, 1.807) is 47.7 Å². The molecule has 3 aromatic rings. The zero-order valence-corrected chi connectivity index (χ0v) is 21.1. The van der Waals surface area contributed by atoms with Gasteiger partial charge in [-0.2, -0.15) is 0 Å². The van der Waals surface area contributed by atoms with Gasteiger partial charge >= 0.3 is 0 Å². The van der Waals surface area contributed by atoms with Crippen LogP contribution in [0.2, 0.25) is 5.02 Å². The largest absolute Gasteiger partial charge is 0.338 e. The lowest BCUT2D eigenvalue weighted by atomic mass is 9.93. The molecule has 182 valence electrons. The van der Waals surface area contributed by atoms with E-state index in [-0.39, 0.29) is 36.3 Å². The molecule has 0 aliphatic carbocycles. The van der Waals surface area contributed by atoms with Gasteiger partial charge in [0, 0.05) is 47.7 Å². The zero-order valence-electron chi connectivity index (χ0n) is 19.5. The van der Waals surface area contributed by atoms with Crippen molar-refractivity contribution in [1.82, 2.24) is 14.7 Å². The van der Waals surface area contributed by atoms with Crippen LogP contribution in [0.15, 0.2) is 60.0 Å². The second kappa shape index (κ2) is 10.1. The molecule has 1 saturated heterocycles. The van der Waals surface area contributed by atoms with Crippen LogP contribution in [0.25, 0.3) is 0 Å². The van der Waals surface area contributed by atoms with Crippen molar-refractivity contribution >= 4 is 34.8 Å². The van der Waals surface area contributed by atoms with Crippen LogP contribution >= 0.6 is 22.9 Å². The maximum Gasteiger partial charge on any atom is 0.254 e. The number of thiophene rings is 1. The molecule has 1 aromatic heterocycles. The fraction of sp³-hybridized carbons (Fsp3) is 0.333. The summed E-state index contributed by atoms with van der Waals surface area (Å²) in [6.45, 7) is 4.43. The summed E-state index contributed by atoms with van der Waals surface area (Å²) < 4.78 is 14.1. The predicted molar refractivity (Wildman–Crippen MR) is 136 cm³/mol. The number of hydrogen-bond donors (Lipinski definition) is 0.